The van der Waals surface area contributed by atoms with E-state index in [1.807, 2.05) is 18.2 Å². The van der Waals surface area contributed by atoms with Gasteiger partial charge in [-0.1, -0.05) is 58.4 Å². The maximum absolute atomic E-state index is 10.4. The highest BCUT2D eigenvalue weighted by molar-refractivity contribution is 9.09. The summed E-state index contributed by atoms with van der Waals surface area (Å²) in [5.41, 5.74) is 4.79. The molecule has 0 spiro atoms. The molecule has 0 aliphatic carbocycles. The number of halogens is 1. The summed E-state index contributed by atoms with van der Waals surface area (Å²) >= 11 is 3.60. The van der Waals surface area contributed by atoms with Gasteiger partial charge < -0.3 is 14.9 Å². The number of rotatable bonds is 2. The summed E-state index contributed by atoms with van der Waals surface area (Å²) in [6, 6.07) is 16.8. The maximum Gasteiger partial charge on any atom is 0.0952 e. The first-order valence-electron chi connectivity index (χ1n) is 7.23. The van der Waals surface area contributed by atoms with Crippen molar-refractivity contribution in [1.29, 1.82) is 0 Å². The molecule has 2 aromatic carbocycles. The molecule has 0 bridgehead atoms. The third-order valence-corrected chi connectivity index (χ3v) is 5.11. The van der Waals surface area contributed by atoms with Gasteiger partial charge in [-0.15, -0.1) is 0 Å². The quantitative estimate of drug-likeness (QED) is 0.847. The molecule has 4 rings (SSSR count). The van der Waals surface area contributed by atoms with Crippen molar-refractivity contribution in [2.45, 2.75) is 17.5 Å². The Labute approximate surface area is 132 Å². The van der Waals surface area contributed by atoms with Crippen LogP contribution in [0.15, 0.2) is 48.5 Å². The fraction of sp³-hybridized carbons (Fsp3) is 0.294. The number of hydrogen-bond donors (Lipinski definition) is 1. The van der Waals surface area contributed by atoms with Gasteiger partial charge in [0.2, 0.25) is 0 Å². The highest BCUT2D eigenvalue weighted by Crippen LogP contribution is 2.46. The fourth-order valence-electron chi connectivity index (χ4n) is 3.33. The molecule has 0 saturated heterocycles. The van der Waals surface area contributed by atoms with Crippen molar-refractivity contribution < 1.29 is 5.11 Å². The lowest BCUT2D eigenvalue weighted by atomic mass is 9.99. The van der Waals surface area contributed by atoms with Gasteiger partial charge >= 0.3 is 0 Å². The molecule has 0 radical (unpaired) electrons. The zero-order valence-corrected chi connectivity index (χ0v) is 13.2. The van der Waals surface area contributed by atoms with Gasteiger partial charge in [-0.05, 0) is 11.6 Å². The first kappa shape index (κ1) is 13.2. The van der Waals surface area contributed by atoms with E-state index in [0.717, 1.165) is 25.3 Å². The molecule has 108 valence electrons. The van der Waals surface area contributed by atoms with Crippen molar-refractivity contribution >= 4 is 27.3 Å². The first-order chi connectivity index (χ1) is 10.2. The molecule has 0 saturated carbocycles. The van der Waals surface area contributed by atoms with Crippen LogP contribution in [-0.4, -0.2) is 23.1 Å². The number of benzene rings is 2. The number of aliphatic hydroxyl groups is 1. The number of aliphatic hydroxyl groups excluding tert-OH is 1. The molecule has 21 heavy (non-hydrogen) atoms. The van der Waals surface area contributed by atoms with E-state index < -0.39 is 6.10 Å². The van der Waals surface area contributed by atoms with Crippen molar-refractivity contribution in [1.82, 2.24) is 0 Å². The normalized spacial score (nSPS) is 23.3. The third-order valence-electron chi connectivity index (χ3n) is 4.32. The smallest absolute Gasteiger partial charge is 0.0952 e. The molecule has 0 fully saturated rings. The Hall–Kier alpha value is -1.52. The van der Waals surface area contributed by atoms with Gasteiger partial charge in [0.15, 0.2) is 0 Å². The highest BCUT2D eigenvalue weighted by Gasteiger charge is 2.37. The minimum atomic E-state index is -0.423. The number of nitrogens with zero attached hydrogens (tertiary/aromatic N) is 2. The standard InChI is InChI=1S/C17H17BrN2O/c18-14-10-20-11-19(9-12-5-2-1-3-6-12)15-8-4-7-13(16(15)20)17(14)21/h1-8,14,17,21H,9-11H2/t14-,17-/m1/s1. The molecule has 2 aliphatic rings. The van der Waals surface area contributed by atoms with Gasteiger partial charge in [0.05, 0.1) is 29.0 Å². The zero-order chi connectivity index (χ0) is 14.4. The van der Waals surface area contributed by atoms with E-state index in [2.05, 4.69) is 56.1 Å². The molecule has 2 heterocycles. The van der Waals surface area contributed by atoms with E-state index in [9.17, 15) is 5.11 Å². The lowest BCUT2D eigenvalue weighted by Gasteiger charge is -2.33. The van der Waals surface area contributed by atoms with Crippen LogP contribution in [0.2, 0.25) is 0 Å². The Morgan fingerprint density at radius 3 is 2.71 bits per heavy atom. The molecular formula is C17H17BrN2O. The third kappa shape index (κ3) is 2.14. The fourth-order valence-corrected chi connectivity index (χ4v) is 3.97. The summed E-state index contributed by atoms with van der Waals surface area (Å²) in [6.45, 7) is 2.63. The Morgan fingerprint density at radius 2 is 1.90 bits per heavy atom. The van der Waals surface area contributed by atoms with Crippen LogP contribution >= 0.6 is 15.9 Å². The summed E-state index contributed by atoms with van der Waals surface area (Å²) in [7, 11) is 0. The average molecular weight is 345 g/mol. The number of hydrogen-bond acceptors (Lipinski definition) is 3. The second kappa shape index (κ2) is 5.04. The van der Waals surface area contributed by atoms with Gasteiger partial charge in [0, 0.05) is 18.7 Å². The van der Waals surface area contributed by atoms with E-state index in [1.165, 1.54) is 16.9 Å². The summed E-state index contributed by atoms with van der Waals surface area (Å²) in [5, 5.41) is 10.4. The van der Waals surface area contributed by atoms with Crippen molar-refractivity contribution in [3.63, 3.8) is 0 Å². The predicted octanol–water partition coefficient (Wildman–Crippen LogP) is 3.28. The van der Waals surface area contributed by atoms with Gasteiger partial charge in [-0.2, -0.15) is 0 Å². The summed E-state index contributed by atoms with van der Waals surface area (Å²) < 4.78 is 0. The topological polar surface area (TPSA) is 26.7 Å². The largest absolute Gasteiger partial charge is 0.387 e. The van der Waals surface area contributed by atoms with E-state index in [0.29, 0.717) is 0 Å². The molecule has 2 aliphatic heterocycles. The zero-order valence-electron chi connectivity index (χ0n) is 11.6. The van der Waals surface area contributed by atoms with Crippen molar-refractivity contribution in [2.75, 3.05) is 23.0 Å². The Morgan fingerprint density at radius 1 is 1.10 bits per heavy atom. The van der Waals surface area contributed by atoms with Crippen LogP contribution in [0.3, 0.4) is 0 Å². The van der Waals surface area contributed by atoms with Crippen LogP contribution in [0.1, 0.15) is 17.2 Å². The molecule has 2 aromatic rings. The molecule has 4 heteroatoms. The van der Waals surface area contributed by atoms with Crippen LogP contribution in [0, 0.1) is 0 Å². The number of anilines is 2. The van der Waals surface area contributed by atoms with Crippen LogP contribution < -0.4 is 9.80 Å². The lowest BCUT2D eigenvalue weighted by molar-refractivity contribution is 0.173. The van der Waals surface area contributed by atoms with Gasteiger partial charge in [-0.25, -0.2) is 0 Å². The molecule has 3 nitrogen and oxygen atoms in total. The van der Waals surface area contributed by atoms with Crippen molar-refractivity contribution in [3.8, 4) is 0 Å². The highest BCUT2D eigenvalue weighted by atomic mass is 79.9. The predicted molar refractivity (Wildman–Crippen MR) is 89.0 cm³/mol. The minimum absolute atomic E-state index is 0.0944. The molecule has 0 aromatic heterocycles. The molecule has 2 atom stereocenters. The Bertz CT molecular complexity index is 661. The Kier molecular flexibility index (Phi) is 3.16. The van der Waals surface area contributed by atoms with Gasteiger partial charge in [0.1, 0.15) is 0 Å². The van der Waals surface area contributed by atoms with Crippen LogP contribution in [0.4, 0.5) is 11.4 Å². The molecular weight excluding hydrogens is 328 g/mol. The summed E-state index contributed by atoms with van der Waals surface area (Å²) in [6.07, 6.45) is -0.423. The van der Waals surface area contributed by atoms with Crippen molar-refractivity contribution in [3.05, 3.63) is 59.7 Å². The van der Waals surface area contributed by atoms with E-state index in [4.69, 9.17) is 0 Å². The molecule has 0 unspecified atom stereocenters. The second-order valence-electron chi connectivity index (χ2n) is 5.72. The van der Waals surface area contributed by atoms with Crippen molar-refractivity contribution in [2.24, 2.45) is 0 Å². The van der Waals surface area contributed by atoms with Crippen LogP contribution in [0.25, 0.3) is 0 Å². The van der Waals surface area contributed by atoms with E-state index in [1.54, 1.807) is 0 Å². The summed E-state index contributed by atoms with van der Waals surface area (Å²) in [4.78, 5) is 4.84. The first-order valence-corrected chi connectivity index (χ1v) is 8.14. The number of alkyl halides is 1. The van der Waals surface area contributed by atoms with E-state index >= 15 is 0 Å². The number of para-hydroxylation sites is 1. The van der Waals surface area contributed by atoms with E-state index in [-0.39, 0.29) is 4.83 Å². The van der Waals surface area contributed by atoms with Gasteiger partial charge in [-0.3, -0.25) is 0 Å². The molecule has 0 amide bonds. The van der Waals surface area contributed by atoms with Gasteiger partial charge in [0.25, 0.3) is 0 Å². The second-order valence-corrected chi connectivity index (χ2v) is 6.90. The minimum Gasteiger partial charge on any atom is -0.387 e. The lowest BCUT2D eigenvalue weighted by Crippen LogP contribution is -2.39. The maximum atomic E-state index is 10.4. The Balaban J connectivity index is 1.71. The van der Waals surface area contributed by atoms with Crippen LogP contribution in [0.5, 0.6) is 0 Å². The average Bonchev–Trinajstić information content (AvgIpc) is 2.85. The monoisotopic (exact) mass is 344 g/mol. The molecule has 1 N–H and O–H groups in total. The van der Waals surface area contributed by atoms with Crippen LogP contribution in [-0.2, 0) is 6.54 Å². The SMILES string of the molecule is O[C@@H]1c2cccc3c2N(C[C@H]1Br)CN3Cc1ccccc1. The summed E-state index contributed by atoms with van der Waals surface area (Å²) in [5.74, 6) is 0.